The number of alkyl halides is 3. The number of carbonyl (C=O) groups is 3. The number of rotatable bonds is 7. The van der Waals surface area contributed by atoms with Crippen LogP contribution in [0.15, 0.2) is 24.4 Å². The van der Waals surface area contributed by atoms with Crippen molar-refractivity contribution in [2.75, 3.05) is 6.54 Å². The molecule has 12 heteroatoms. The predicted octanol–water partition coefficient (Wildman–Crippen LogP) is 7.10. The number of Topliss-reactive ketones (excluding diaryl/α,β-unsaturated/α-hetero) is 1. The third-order valence-corrected chi connectivity index (χ3v) is 11.6. The Balaban J connectivity index is 1.36. The lowest BCUT2D eigenvalue weighted by Crippen LogP contribution is -2.52. The number of nitrogens with zero attached hydrogens (tertiary/aromatic N) is 3. The standard InChI is InChI=1S/C30H32Cl2F3N3O4/c1-27(2)18-12-16(13-19(18)27)37(15-22(39)23-20(31)4-3-5-21(23)32)25(40)17-14-36-38(24(17)30(33,34)35)29-9-6-28(7-10-29,8-11-29)26(41)42/h3-5,14,16,18-19H,6-13,15H2,1-2H3,(H,41,42)/t16-,18+,19-,28?,29?. The molecular weight excluding hydrogens is 594 g/mol. The van der Waals surface area contributed by atoms with Crippen LogP contribution in [-0.2, 0) is 16.5 Å². The Morgan fingerprint density at radius 2 is 1.57 bits per heavy atom. The molecule has 0 aliphatic heterocycles. The van der Waals surface area contributed by atoms with Gasteiger partial charge in [0.25, 0.3) is 5.91 Å². The molecule has 1 aromatic heterocycles. The van der Waals surface area contributed by atoms with Gasteiger partial charge in [-0.2, -0.15) is 18.3 Å². The molecule has 226 valence electrons. The van der Waals surface area contributed by atoms with Crippen LogP contribution >= 0.6 is 23.2 Å². The van der Waals surface area contributed by atoms with Crippen molar-refractivity contribution in [3.8, 4) is 0 Å². The first-order valence-electron chi connectivity index (χ1n) is 14.3. The summed E-state index contributed by atoms with van der Waals surface area (Å²) in [6, 6.07) is 4.16. The molecule has 42 heavy (non-hydrogen) atoms. The van der Waals surface area contributed by atoms with Gasteiger partial charge >= 0.3 is 12.1 Å². The quantitative estimate of drug-likeness (QED) is 0.331. The van der Waals surface area contributed by atoms with Crippen LogP contribution in [0.5, 0.6) is 0 Å². The van der Waals surface area contributed by atoms with E-state index in [-0.39, 0.29) is 59.5 Å². The zero-order valence-electron chi connectivity index (χ0n) is 23.3. The molecule has 2 bridgehead atoms. The zero-order valence-corrected chi connectivity index (χ0v) is 24.8. The molecule has 7 nitrogen and oxygen atoms in total. The number of carboxylic acids is 1. The number of benzene rings is 1. The Morgan fingerprint density at radius 1 is 1.02 bits per heavy atom. The van der Waals surface area contributed by atoms with Gasteiger partial charge < -0.3 is 10.0 Å². The summed E-state index contributed by atoms with van der Waals surface area (Å²) in [4.78, 5) is 40.8. The summed E-state index contributed by atoms with van der Waals surface area (Å²) >= 11 is 12.5. The Hall–Kier alpha value is -2.59. The Bertz CT molecular complexity index is 1430. The predicted molar refractivity (Wildman–Crippen MR) is 149 cm³/mol. The molecule has 7 rings (SSSR count). The molecule has 3 atom stereocenters. The van der Waals surface area contributed by atoms with E-state index >= 15 is 0 Å². The number of amides is 1. The van der Waals surface area contributed by atoms with Crippen molar-refractivity contribution < 1.29 is 32.7 Å². The van der Waals surface area contributed by atoms with Gasteiger partial charge in [-0.15, -0.1) is 0 Å². The van der Waals surface area contributed by atoms with Crippen molar-refractivity contribution in [1.29, 1.82) is 0 Å². The van der Waals surface area contributed by atoms with Crippen molar-refractivity contribution >= 4 is 40.9 Å². The maximum Gasteiger partial charge on any atom is 0.433 e. The first kappa shape index (κ1) is 29.5. The molecule has 1 N–H and O–H groups in total. The average molecular weight is 627 g/mol. The van der Waals surface area contributed by atoms with Crippen LogP contribution < -0.4 is 0 Å². The second kappa shape index (κ2) is 9.71. The van der Waals surface area contributed by atoms with E-state index in [0.717, 1.165) is 10.9 Å². The second-order valence-electron chi connectivity index (χ2n) is 13.2. The van der Waals surface area contributed by atoms with Gasteiger partial charge in [0.1, 0.15) is 0 Å². The van der Waals surface area contributed by atoms with Crippen LogP contribution in [-0.4, -0.2) is 50.0 Å². The van der Waals surface area contributed by atoms with Crippen molar-refractivity contribution in [2.24, 2.45) is 22.7 Å². The monoisotopic (exact) mass is 625 g/mol. The minimum atomic E-state index is -4.91. The molecule has 5 aliphatic carbocycles. The van der Waals surface area contributed by atoms with E-state index in [1.165, 1.54) is 17.0 Å². The van der Waals surface area contributed by atoms with Crippen LogP contribution in [0.2, 0.25) is 10.0 Å². The maximum absolute atomic E-state index is 14.8. The number of aromatic nitrogens is 2. The van der Waals surface area contributed by atoms with Crippen molar-refractivity contribution in [3.05, 3.63) is 51.3 Å². The van der Waals surface area contributed by atoms with E-state index in [9.17, 15) is 32.7 Å². The van der Waals surface area contributed by atoms with Gasteiger partial charge in [0.2, 0.25) is 0 Å². The highest BCUT2D eigenvalue weighted by Crippen LogP contribution is 2.67. The fourth-order valence-corrected chi connectivity index (χ4v) is 8.80. The van der Waals surface area contributed by atoms with E-state index in [4.69, 9.17) is 23.2 Å². The van der Waals surface area contributed by atoms with Crippen LogP contribution in [0.3, 0.4) is 0 Å². The topological polar surface area (TPSA) is 92.5 Å². The number of hydrogen-bond donors (Lipinski definition) is 1. The second-order valence-corrected chi connectivity index (χ2v) is 14.1. The Kier molecular flexibility index (Phi) is 6.81. The highest BCUT2D eigenvalue weighted by molar-refractivity contribution is 6.40. The molecule has 1 aromatic carbocycles. The summed E-state index contributed by atoms with van der Waals surface area (Å²) in [6.45, 7) is 3.80. The molecule has 0 radical (unpaired) electrons. The summed E-state index contributed by atoms with van der Waals surface area (Å²) in [7, 11) is 0. The molecule has 0 saturated heterocycles. The number of aliphatic carboxylic acids is 1. The summed E-state index contributed by atoms with van der Waals surface area (Å²) in [5, 5.41) is 14.1. The third-order valence-electron chi connectivity index (χ3n) is 11.0. The average Bonchev–Trinajstić information content (AvgIpc) is 3.37. The highest BCUT2D eigenvalue weighted by Gasteiger charge is 2.63. The Morgan fingerprint density at radius 3 is 2.07 bits per heavy atom. The lowest BCUT2D eigenvalue weighted by molar-refractivity contribution is -0.163. The molecule has 5 aliphatic rings. The van der Waals surface area contributed by atoms with Gasteiger partial charge in [0.05, 0.1) is 44.9 Å². The van der Waals surface area contributed by atoms with Crippen LogP contribution in [0.1, 0.15) is 91.6 Å². The number of carboxylic acid groups (broad SMARTS) is 1. The zero-order chi connectivity index (χ0) is 30.4. The van der Waals surface area contributed by atoms with E-state index in [1.54, 1.807) is 6.07 Å². The van der Waals surface area contributed by atoms with Crippen LogP contribution in [0.25, 0.3) is 0 Å². The maximum atomic E-state index is 14.8. The minimum Gasteiger partial charge on any atom is -0.481 e. The first-order chi connectivity index (χ1) is 19.6. The molecule has 2 aromatic rings. The molecule has 5 saturated carbocycles. The van der Waals surface area contributed by atoms with Gasteiger partial charge in [0.15, 0.2) is 11.5 Å². The highest BCUT2D eigenvalue weighted by atomic mass is 35.5. The number of fused-ring (bicyclic) bond motifs is 4. The number of carbonyl (C=O) groups excluding carboxylic acids is 2. The summed E-state index contributed by atoms with van der Waals surface area (Å²) in [6.07, 6.45) is -1.32. The number of halogens is 5. The minimum absolute atomic E-state index is 0.0269. The van der Waals surface area contributed by atoms with Crippen molar-refractivity contribution in [1.82, 2.24) is 14.7 Å². The van der Waals surface area contributed by atoms with E-state index < -0.39 is 58.6 Å². The Labute approximate surface area is 251 Å². The van der Waals surface area contributed by atoms with Gasteiger partial charge in [-0.05, 0) is 80.8 Å². The number of hydrogen-bond acceptors (Lipinski definition) is 4. The molecule has 5 fully saturated rings. The molecule has 1 heterocycles. The van der Waals surface area contributed by atoms with Crippen molar-refractivity contribution in [2.45, 2.75) is 83.0 Å². The van der Waals surface area contributed by atoms with E-state index in [2.05, 4.69) is 18.9 Å². The van der Waals surface area contributed by atoms with Crippen LogP contribution in [0, 0.1) is 22.7 Å². The van der Waals surface area contributed by atoms with Gasteiger partial charge in [-0.1, -0.05) is 43.1 Å². The lowest BCUT2D eigenvalue weighted by Gasteiger charge is -2.51. The van der Waals surface area contributed by atoms with E-state index in [0.29, 0.717) is 24.7 Å². The largest absolute Gasteiger partial charge is 0.481 e. The van der Waals surface area contributed by atoms with E-state index in [1.807, 2.05) is 0 Å². The normalized spacial score (nSPS) is 31.1. The summed E-state index contributed by atoms with van der Waals surface area (Å²) < 4.78 is 45.3. The molecular formula is C30H32Cl2F3N3O4. The third kappa shape index (κ3) is 4.46. The van der Waals surface area contributed by atoms with Gasteiger partial charge in [-0.25, -0.2) is 0 Å². The molecule has 0 unspecified atom stereocenters. The van der Waals surface area contributed by atoms with Crippen molar-refractivity contribution in [3.63, 3.8) is 0 Å². The summed E-state index contributed by atoms with van der Waals surface area (Å²) in [5.74, 6) is -1.74. The van der Waals surface area contributed by atoms with Gasteiger partial charge in [0, 0.05) is 6.04 Å². The SMILES string of the molecule is CC1(C)[C@@H]2C[C@H](N(CC(=O)c3c(Cl)cccc3Cl)C(=O)c3cnn(C45CCC(C(=O)O)(CC4)CC5)c3C(F)(F)F)C[C@@H]21. The molecule has 1 amide bonds. The first-order valence-corrected chi connectivity index (χ1v) is 15.0. The smallest absolute Gasteiger partial charge is 0.433 e. The summed E-state index contributed by atoms with van der Waals surface area (Å²) in [5.41, 5.74) is -3.57. The fraction of sp³-hybridized carbons (Fsp3) is 0.600. The lowest BCUT2D eigenvalue weighted by atomic mass is 9.57. The molecule has 0 spiro atoms. The number of ketones is 1. The van der Waals surface area contributed by atoms with Crippen LogP contribution in [0.4, 0.5) is 13.2 Å². The van der Waals surface area contributed by atoms with Gasteiger partial charge in [-0.3, -0.25) is 19.1 Å². The fourth-order valence-electron chi connectivity index (χ4n) is 8.19.